The van der Waals surface area contributed by atoms with Crippen LogP contribution in [0, 0.1) is 0 Å². The van der Waals surface area contributed by atoms with E-state index in [1.807, 2.05) is 11.8 Å². The monoisotopic (exact) mass is 457 g/mol. The molecule has 2 aromatic rings. The van der Waals surface area contributed by atoms with Crippen LogP contribution in [0.2, 0.25) is 0 Å². The van der Waals surface area contributed by atoms with Gasteiger partial charge in [0.05, 0.1) is 23.5 Å². The predicted octanol–water partition coefficient (Wildman–Crippen LogP) is 0.615. The lowest BCUT2D eigenvalue weighted by molar-refractivity contribution is -0.384. The van der Waals surface area contributed by atoms with Gasteiger partial charge in [0, 0.05) is 31.7 Å². The Kier molecular flexibility index (Phi) is 6.25. The van der Waals surface area contributed by atoms with E-state index in [0.29, 0.717) is 42.1 Å². The highest BCUT2D eigenvalue weighted by molar-refractivity contribution is 6.16. The average molecular weight is 458 g/mol. The Bertz CT molecular complexity index is 1020. The summed E-state index contributed by atoms with van der Waals surface area (Å²) in [5.41, 5.74) is -0.408. The van der Waals surface area contributed by atoms with Crippen molar-refractivity contribution in [2.24, 2.45) is 0 Å². The van der Waals surface area contributed by atoms with Crippen LogP contribution in [-0.4, -0.2) is 71.8 Å². The number of aliphatic hydroxyl groups is 3. The van der Waals surface area contributed by atoms with Gasteiger partial charge in [-0.15, -0.1) is 11.6 Å². The van der Waals surface area contributed by atoms with Gasteiger partial charge in [0.1, 0.15) is 5.60 Å². The third kappa shape index (κ3) is 4.79. The van der Waals surface area contributed by atoms with E-state index in [2.05, 4.69) is 4.98 Å². The Morgan fingerprint density at radius 2 is 1.97 bits per heavy atom. The fourth-order valence-corrected chi connectivity index (χ4v) is 3.81. The lowest BCUT2D eigenvalue weighted by Crippen LogP contribution is -2.56. The molecule has 1 saturated heterocycles. The summed E-state index contributed by atoms with van der Waals surface area (Å²) in [5, 5.41) is 29.0. The number of hydrogen-bond acceptors (Lipinski definition) is 8. The third-order valence-corrected chi connectivity index (χ3v) is 5.26. The Labute approximate surface area is 184 Å². The Morgan fingerprint density at radius 3 is 2.52 bits per heavy atom. The zero-order valence-electron chi connectivity index (χ0n) is 17.9. The molecule has 3 N–H and O–H groups in total. The van der Waals surface area contributed by atoms with Crippen molar-refractivity contribution in [3.8, 4) is 0 Å². The van der Waals surface area contributed by atoms with Crippen LogP contribution in [0.15, 0.2) is 17.1 Å². The fraction of sp³-hybridized carbons (Fsp3) is 0.632. The van der Waals surface area contributed by atoms with Crippen LogP contribution >= 0.6 is 11.6 Å². The van der Waals surface area contributed by atoms with E-state index in [1.54, 1.807) is 25.7 Å². The molecule has 12 heteroatoms. The summed E-state index contributed by atoms with van der Waals surface area (Å²) >= 11 is 5.88. The summed E-state index contributed by atoms with van der Waals surface area (Å²) in [5.74, 6) is 0.0220. The molecule has 1 atom stereocenters. The number of alkyl halides is 1. The van der Waals surface area contributed by atoms with Gasteiger partial charge in [-0.2, -0.15) is 4.68 Å². The number of imidazole rings is 1. The van der Waals surface area contributed by atoms with Crippen molar-refractivity contribution >= 4 is 29.0 Å². The second kappa shape index (κ2) is 8.30. The lowest BCUT2D eigenvalue weighted by Gasteiger charge is -2.42. The predicted molar refractivity (Wildman–Crippen MR) is 113 cm³/mol. The second-order valence-electron chi connectivity index (χ2n) is 8.50. The van der Waals surface area contributed by atoms with Crippen molar-refractivity contribution < 1.29 is 24.9 Å². The SMILES string of the molecule is CCC1CN(C(=O)OC(C)(C)C)CCN1c1cc(=O)n(C(O)(O)O)n2cc(CCl)nc12. The molecule has 0 saturated carbocycles. The Balaban J connectivity index is 2.01. The summed E-state index contributed by atoms with van der Waals surface area (Å²) < 4.78 is 6.91. The molecule has 1 unspecified atom stereocenters. The number of hydrogen-bond donors (Lipinski definition) is 3. The average Bonchev–Trinajstić information content (AvgIpc) is 3.08. The molecule has 0 aromatic carbocycles. The molecule has 2 aromatic heterocycles. The minimum atomic E-state index is -3.42. The molecule has 3 heterocycles. The number of piperazine rings is 1. The molecule has 0 aliphatic carbocycles. The molecule has 31 heavy (non-hydrogen) atoms. The maximum Gasteiger partial charge on any atom is 0.410 e. The first kappa shape index (κ1) is 23.3. The van der Waals surface area contributed by atoms with Crippen LogP contribution < -0.4 is 10.5 Å². The van der Waals surface area contributed by atoms with Crippen LogP contribution in [0.3, 0.4) is 0 Å². The molecule has 0 radical (unpaired) electrons. The van der Waals surface area contributed by atoms with E-state index in [-0.39, 0.29) is 17.6 Å². The summed E-state index contributed by atoms with van der Waals surface area (Å²) in [6.07, 6.45) is -1.80. The van der Waals surface area contributed by atoms with Crippen molar-refractivity contribution in [2.45, 2.75) is 57.7 Å². The van der Waals surface area contributed by atoms with E-state index in [1.165, 1.54) is 12.3 Å². The van der Waals surface area contributed by atoms with Crippen LogP contribution in [0.25, 0.3) is 5.65 Å². The minimum absolute atomic E-state index is 0.0220. The van der Waals surface area contributed by atoms with Crippen molar-refractivity contribution in [1.82, 2.24) is 19.1 Å². The fourth-order valence-electron chi connectivity index (χ4n) is 3.68. The normalized spacial score (nSPS) is 18.0. The molecule has 11 nitrogen and oxygen atoms in total. The maximum absolute atomic E-state index is 12.7. The number of carbonyl (C=O) groups is 1. The van der Waals surface area contributed by atoms with Gasteiger partial charge in [-0.1, -0.05) is 6.92 Å². The van der Waals surface area contributed by atoms with E-state index >= 15 is 0 Å². The third-order valence-electron chi connectivity index (χ3n) is 4.99. The molecular formula is C19H28ClN5O6. The molecule has 0 spiro atoms. The topological polar surface area (TPSA) is 133 Å². The first-order valence-corrected chi connectivity index (χ1v) is 10.5. The van der Waals surface area contributed by atoms with Crippen molar-refractivity contribution in [3.63, 3.8) is 0 Å². The highest BCUT2D eigenvalue weighted by Crippen LogP contribution is 2.27. The standard InChI is InChI=1S/C19H28ClN5O6/c1-5-13-11-22(17(27)31-18(2,3)4)6-7-23(13)14-8-15(26)25(19(28,29)30)24-10-12(9-20)21-16(14)24/h8,10,13,28-30H,5-7,9,11H2,1-4H3. The van der Waals surface area contributed by atoms with Crippen molar-refractivity contribution in [3.05, 3.63) is 28.3 Å². The van der Waals surface area contributed by atoms with Gasteiger partial charge in [0.25, 0.3) is 5.56 Å². The number of anilines is 1. The molecule has 1 fully saturated rings. The number of halogens is 1. The summed E-state index contributed by atoms with van der Waals surface area (Å²) in [4.78, 5) is 33.1. The van der Waals surface area contributed by atoms with Crippen molar-refractivity contribution in [1.29, 1.82) is 0 Å². The molecule has 1 aliphatic heterocycles. The zero-order valence-corrected chi connectivity index (χ0v) is 18.7. The number of rotatable bonds is 4. The summed E-state index contributed by atoms with van der Waals surface area (Å²) in [6.45, 7) is 8.54. The highest BCUT2D eigenvalue weighted by Gasteiger charge is 2.34. The van der Waals surface area contributed by atoms with Crippen molar-refractivity contribution in [2.75, 3.05) is 24.5 Å². The van der Waals surface area contributed by atoms with Gasteiger partial charge in [0.2, 0.25) is 0 Å². The van der Waals surface area contributed by atoms with Gasteiger partial charge in [-0.25, -0.2) is 14.3 Å². The molecular weight excluding hydrogens is 430 g/mol. The zero-order chi connectivity index (χ0) is 23.1. The van der Waals surface area contributed by atoms with Crippen LogP contribution in [-0.2, 0) is 16.7 Å². The van der Waals surface area contributed by atoms with Gasteiger partial charge in [-0.05, 0) is 27.2 Å². The first-order chi connectivity index (χ1) is 14.4. The summed E-state index contributed by atoms with van der Waals surface area (Å²) in [7, 11) is 0. The number of nitrogens with zero attached hydrogens (tertiary/aromatic N) is 5. The van der Waals surface area contributed by atoms with Gasteiger partial charge < -0.3 is 29.9 Å². The summed E-state index contributed by atoms with van der Waals surface area (Å²) in [6, 6.07) is 1.04. The molecule has 0 bridgehead atoms. The van der Waals surface area contributed by atoms with E-state index in [9.17, 15) is 24.9 Å². The van der Waals surface area contributed by atoms with Crippen LogP contribution in [0.5, 0.6) is 0 Å². The minimum Gasteiger partial charge on any atom is -0.444 e. The van der Waals surface area contributed by atoms with Crippen LogP contribution in [0.4, 0.5) is 10.5 Å². The number of carbonyl (C=O) groups excluding carboxylic acids is 1. The van der Waals surface area contributed by atoms with E-state index in [0.717, 1.165) is 4.52 Å². The molecule has 3 rings (SSSR count). The number of fused-ring (bicyclic) bond motifs is 1. The lowest BCUT2D eigenvalue weighted by atomic mass is 10.1. The molecule has 1 amide bonds. The van der Waals surface area contributed by atoms with E-state index < -0.39 is 23.4 Å². The van der Waals surface area contributed by atoms with E-state index in [4.69, 9.17) is 16.3 Å². The first-order valence-electron chi connectivity index (χ1n) is 9.98. The number of amides is 1. The van der Waals surface area contributed by atoms with Gasteiger partial charge in [-0.3, -0.25) is 4.79 Å². The number of aromatic nitrogens is 3. The smallest absolute Gasteiger partial charge is 0.410 e. The molecule has 1 aliphatic rings. The highest BCUT2D eigenvalue weighted by atomic mass is 35.5. The number of ether oxygens (including phenoxy) is 1. The van der Waals surface area contributed by atoms with Crippen LogP contribution in [0.1, 0.15) is 39.8 Å². The second-order valence-corrected chi connectivity index (χ2v) is 8.76. The quantitative estimate of drug-likeness (QED) is 0.449. The Morgan fingerprint density at radius 1 is 1.29 bits per heavy atom. The maximum atomic E-state index is 12.7. The van der Waals surface area contributed by atoms with Gasteiger partial charge >= 0.3 is 12.2 Å². The largest absolute Gasteiger partial charge is 0.444 e. The molecule has 172 valence electrons. The Hall–Kier alpha value is -2.34. The van der Waals surface area contributed by atoms with Gasteiger partial charge in [0.15, 0.2) is 5.65 Å².